The number of rotatable bonds is 28. The number of aromatic amines is 1. The fourth-order valence-corrected chi connectivity index (χ4v) is 10.4. The van der Waals surface area contributed by atoms with Gasteiger partial charge in [0.1, 0.15) is 30.0 Å². The van der Waals surface area contributed by atoms with Crippen LogP contribution in [0.1, 0.15) is 148 Å². The molecule has 2 aliphatic rings. The molecule has 0 spiro atoms. The molecular weight excluding hydrogens is 967 g/mol. The molecule has 19 nitrogen and oxygen atoms in total. The molecule has 1 aromatic carbocycles. The van der Waals surface area contributed by atoms with Gasteiger partial charge in [0.2, 0.25) is 17.6 Å². The summed E-state index contributed by atoms with van der Waals surface area (Å²) in [5, 5.41) is 8.79. The number of hydrogen-bond acceptors (Lipinski definition) is 15. The molecular formula is C54H81N9O10S. The third kappa shape index (κ3) is 14.2. The number of carbonyl (C=O) groups excluding carboxylic acids is 6. The van der Waals surface area contributed by atoms with Gasteiger partial charge in [-0.15, -0.1) is 4.37 Å². The van der Waals surface area contributed by atoms with E-state index in [4.69, 9.17) is 18.9 Å². The van der Waals surface area contributed by atoms with Gasteiger partial charge in [0.25, 0.3) is 17.7 Å². The molecule has 4 N–H and O–H groups in total. The molecule has 4 amide bonds. The van der Waals surface area contributed by atoms with Crippen LogP contribution in [0.25, 0.3) is 11.6 Å². The predicted octanol–water partition coefficient (Wildman–Crippen LogP) is 7.37. The Morgan fingerprint density at radius 1 is 0.932 bits per heavy atom. The first-order chi connectivity index (χ1) is 35.1. The van der Waals surface area contributed by atoms with E-state index < -0.39 is 34.9 Å². The fourth-order valence-electron chi connectivity index (χ4n) is 9.84. The van der Waals surface area contributed by atoms with E-state index in [1.807, 2.05) is 67.2 Å². The molecule has 0 aliphatic carbocycles. The number of likely N-dealkylation sites (N-methyl/N-ethyl adjacent to an activating group) is 1. The Labute approximate surface area is 441 Å². The Morgan fingerprint density at radius 2 is 1.59 bits per heavy atom. The van der Waals surface area contributed by atoms with Gasteiger partial charge in [-0.3, -0.25) is 28.8 Å². The lowest BCUT2D eigenvalue weighted by atomic mass is 9.86. The number of benzene rings is 1. The van der Waals surface area contributed by atoms with E-state index >= 15 is 0 Å². The Balaban J connectivity index is 1.27. The summed E-state index contributed by atoms with van der Waals surface area (Å²) in [6, 6.07) is 5.09. The van der Waals surface area contributed by atoms with Crippen molar-refractivity contribution in [1.29, 1.82) is 0 Å². The highest BCUT2D eigenvalue weighted by molar-refractivity contribution is 6.99. The smallest absolute Gasteiger partial charge is 0.270 e. The summed E-state index contributed by atoms with van der Waals surface area (Å²) >= 11 is 1.03. The number of nitrogens with one attached hydrogen (secondary N) is 4. The number of ether oxygens (including phenoxy) is 4. The van der Waals surface area contributed by atoms with E-state index in [1.165, 1.54) is 6.92 Å². The third-order valence-corrected chi connectivity index (χ3v) is 14.9. The number of carbonyl (C=O) groups is 6. The minimum Gasteiger partial charge on any atom is -0.472 e. The second kappa shape index (κ2) is 26.3. The lowest BCUT2D eigenvalue weighted by Gasteiger charge is -2.42. The van der Waals surface area contributed by atoms with Gasteiger partial charge in [-0.2, -0.15) is 4.37 Å². The summed E-state index contributed by atoms with van der Waals surface area (Å²) in [5.41, 5.74) is 1.13. The van der Waals surface area contributed by atoms with Crippen molar-refractivity contribution in [3.8, 4) is 5.88 Å². The molecule has 1 fully saturated rings. The van der Waals surface area contributed by atoms with Crippen LogP contribution in [-0.2, 0) is 38.2 Å². The summed E-state index contributed by atoms with van der Waals surface area (Å²) in [6.45, 7) is 29.6. The molecule has 0 saturated carbocycles. The molecule has 20 heteroatoms. The fraction of sp³-hybridized carbons (Fsp3) is 0.630. The number of anilines is 3. The van der Waals surface area contributed by atoms with E-state index in [2.05, 4.69) is 48.4 Å². The summed E-state index contributed by atoms with van der Waals surface area (Å²) in [7, 11) is 0. The lowest BCUT2D eigenvalue weighted by molar-refractivity contribution is -0.183. The zero-order valence-electron chi connectivity index (χ0n) is 46.0. The third-order valence-electron chi connectivity index (χ3n) is 14.4. The zero-order chi connectivity index (χ0) is 54.5. The van der Waals surface area contributed by atoms with E-state index in [1.54, 1.807) is 36.1 Å². The normalized spacial score (nSPS) is 15.5. The predicted molar refractivity (Wildman–Crippen MR) is 289 cm³/mol. The number of nitrogens with zero attached hydrogens (tertiary/aromatic N) is 5. The Kier molecular flexibility index (Phi) is 21.1. The minimum absolute atomic E-state index is 0.0352. The maximum Gasteiger partial charge on any atom is 0.270 e. The van der Waals surface area contributed by atoms with Gasteiger partial charge in [0.05, 0.1) is 42.6 Å². The molecule has 5 rings (SSSR count). The van der Waals surface area contributed by atoms with Crippen molar-refractivity contribution in [2.24, 2.45) is 0 Å². The van der Waals surface area contributed by atoms with Crippen molar-refractivity contribution >= 4 is 75.8 Å². The van der Waals surface area contributed by atoms with Crippen molar-refractivity contribution in [1.82, 2.24) is 28.8 Å². The Hall–Kier alpha value is -5.54. The largest absolute Gasteiger partial charge is 0.472 e. The number of fused-ring (bicyclic) bond motifs is 1. The molecule has 2 aliphatic heterocycles. The molecule has 74 heavy (non-hydrogen) atoms. The van der Waals surface area contributed by atoms with Gasteiger partial charge < -0.3 is 54.6 Å². The quantitative estimate of drug-likeness (QED) is 0.0521. The molecule has 3 aromatic rings. The molecule has 408 valence electrons. The highest BCUT2D eigenvalue weighted by Crippen LogP contribution is 2.37. The van der Waals surface area contributed by atoms with E-state index in [0.29, 0.717) is 89.6 Å². The standard InChI is InChI=1S/C54H81N9O10S/c1-14-53(15-2,72-36(9)47(67)54(16-3,17-4)73-39(32-63(37(10)64)52(11,12)13)33-71-51-48(59-74-60-51)62-26-28-70-29-27-62)44(65)22-23-45(66)57-38-20-21-42-40(30-38)41(49(68)58-42)31-43-34(7)46(35(8)56-43)50(69)55-24-25-61(18-5)19-6/h20-21,30-31,36,39,56H,14-19,22-29,32-33H2,1-13H3,(H,55,69)(H,57,66)(H,58,68)/b41-31-/t36?,39-/m0/s1. The summed E-state index contributed by atoms with van der Waals surface area (Å²) < 4.78 is 34.2. The average molecular weight is 1050 g/mol. The SMILES string of the molecule is CCN(CC)CCNC(=O)c1c(C)[nH]c(/C=C2\C(=O)Nc3ccc(NC(=O)CCC(=O)C(CC)(CC)OC(C)C(=O)C(CC)(CC)O[C@H](COc4nsnc4N4CCOCC4)CN(C(C)=O)C(C)(C)C)cc32)c1C. The van der Waals surface area contributed by atoms with Crippen molar-refractivity contribution in [2.75, 3.05) is 81.2 Å². The van der Waals surface area contributed by atoms with Crippen LogP contribution in [0.5, 0.6) is 5.88 Å². The summed E-state index contributed by atoms with van der Waals surface area (Å²) in [6.07, 6.45) is 0.557. The van der Waals surface area contributed by atoms with E-state index in [-0.39, 0.29) is 81.0 Å². The van der Waals surface area contributed by atoms with E-state index in [9.17, 15) is 28.8 Å². The van der Waals surface area contributed by atoms with Gasteiger partial charge in [0.15, 0.2) is 11.6 Å². The van der Waals surface area contributed by atoms with Crippen LogP contribution in [0.2, 0.25) is 0 Å². The lowest BCUT2D eigenvalue weighted by Crippen LogP contribution is -2.56. The van der Waals surface area contributed by atoms with Crippen LogP contribution in [0.3, 0.4) is 0 Å². The van der Waals surface area contributed by atoms with Crippen LogP contribution < -0.4 is 25.6 Å². The second-order valence-electron chi connectivity index (χ2n) is 20.1. The van der Waals surface area contributed by atoms with Crippen LogP contribution in [0.4, 0.5) is 17.2 Å². The number of aryl methyl sites for hydroxylation is 1. The van der Waals surface area contributed by atoms with Crippen LogP contribution in [0, 0.1) is 13.8 Å². The van der Waals surface area contributed by atoms with Crippen LogP contribution in [-0.4, -0.2) is 153 Å². The summed E-state index contributed by atoms with van der Waals surface area (Å²) in [4.78, 5) is 91.4. The number of aromatic nitrogens is 3. The number of ketones is 2. The number of amides is 4. The number of morpholine rings is 1. The van der Waals surface area contributed by atoms with Gasteiger partial charge in [-0.05, 0) is 110 Å². The van der Waals surface area contributed by atoms with Crippen LogP contribution >= 0.6 is 11.7 Å². The number of Topliss-reactive ketones (excluding diaryl/α,β-unsaturated/α-hetero) is 2. The van der Waals surface area contributed by atoms with Crippen molar-refractivity contribution in [2.45, 2.75) is 157 Å². The molecule has 0 bridgehead atoms. The molecule has 2 atom stereocenters. The van der Waals surface area contributed by atoms with Gasteiger partial charge in [-0.1, -0.05) is 41.5 Å². The molecule has 1 unspecified atom stereocenters. The topological polar surface area (TPSA) is 227 Å². The monoisotopic (exact) mass is 1050 g/mol. The second-order valence-corrected chi connectivity index (χ2v) is 20.6. The molecule has 2 aromatic heterocycles. The van der Waals surface area contributed by atoms with Crippen molar-refractivity contribution in [3.63, 3.8) is 0 Å². The van der Waals surface area contributed by atoms with E-state index in [0.717, 1.165) is 31.4 Å². The minimum atomic E-state index is -1.38. The highest BCUT2D eigenvalue weighted by atomic mass is 32.1. The first kappa shape index (κ1) is 59.3. The number of hydrogen-bond donors (Lipinski definition) is 4. The van der Waals surface area contributed by atoms with Crippen molar-refractivity contribution in [3.05, 3.63) is 46.3 Å². The average Bonchev–Trinajstić information content (AvgIpc) is 4.06. The molecule has 1 saturated heterocycles. The zero-order valence-corrected chi connectivity index (χ0v) is 46.8. The molecule has 0 radical (unpaired) electrons. The first-order valence-corrected chi connectivity index (χ1v) is 27.0. The van der Waals surface area contributed by atoms with Crippen LogP contribution in [0.15, 0.2) is 18.2 Å². The Bertz CT molecular complexity index is 2480. The first-order valence-electron chi connectivity index (χ1n) is 26.3. The highest BCUT2D eigenvalue weighted by Gasteiger charge is 2.46. The maximum absolute atomic E-state index is 14.8. The van der Waals surface area contributed by atoms with Gasteiger partial charge >= 0.3 is 0 Å². The summed E-state index contributed by atoms with van der Waals surface area (Å²) in [5.74, 6) is -0.843. The van der Waals surface area contributed by atoms with Gasteiger partial charge in [0, 0.05) is 79.8 Å². The van der Waals surface area contributed by atoms with Gasteiger partial charge in [-0.25, -0.2) is 0 Å². The maximum atomic E-state index is 14.8. The Morgan fingerprint density at radius 3 is 2.20 bits per heavy atom. The number of H-pyrrole nitrogens is 1. The molecule has 4 heterocycles. The van der Waals surface area contributed by atoms with Crippen molar-refractivity contribution < 1.29 is 47.7 Å².